The number of esters is 1. The Labute approximate surface area is 162 Å². The van der Waals surface area contributed by atoms with Crippen LogP contribution in [0.25, 0.3) is 0 Å². The molecule has 7 nitrogen and oxygen atoms in total. The van der Waals surface area contributed by atoms with E-state index >= 15 is 0 Å². The molecule has 9 heteroatoms. The third-order valence-corrected chi connectivity index (χ3v) is 6.59. The molecule has 0 bridgehead atoms. The summed E-state index contributed by atoms with van der Waals surface area (Å²) in [5.74, 6) is 0.682. The fourth-order valence-electron chi connectivity index (χ4n) is 2.91. The number of hydrogen-bond acceptors (Lipinski definition) is 7. The number of carbonyl (C=O) groups excluding carboxylic acids is 1. The van der Waals surface area contributed by atoms with Gasteiger partial charge in [-0.1, -0.05) is 0 Å². The monoisotopic (exact) mass is 411 g/mol. The highest BCUT2D eigenvalue weighted by molar-refractivity contribution is 7.89. The molecular weight excluding hydrogens is 390 g/mol. The summed E-state index contributed by atoms with van der Waals surface area (Å²) in [7, 11) is -2.68. The molecule has 2 aromatic rings. The normalized spacial score (nSPS) is 15.9. The molecule has 0 saturated carbocycles. The lowest BCUT2D eigenvalue weighted by Gasteiger charge is -2.13. The molecule has 0 radical (unpaired) electrons. The molecule has 146 valence electrons. The van der Waals surface area contributed by atoms with Gasteiger partial charge in [0.05, 0.1) is 13.7 Å². The van der Waals surface area contributed by atoms with Gasteiger partial charge in [0.25, 0.3) is 0 Å². The van der Waals surface area contributed by atoms with Gasteiger partial charge in [-0.25, -0.2) is 17.9 Å². The molecule has 0 fully saturated rings. The van der Waals surface area contributed by atoms with E-state index < -0.39 is 16.0 Å². The van der Waals surface area contributed by atoms with Gasteiger partial charge in [0.2, 0.25) is 10.0 Å². The lowest BCUT2D eigenvalue weighted by Crippen LogP contribution is -2.24. The molecule has 3 rings (SSSR count). The standard InChI is InChI=1S/C18H21NO6S2/c1-4-24-14-8-12-7-11(2)25-15(12)9-13(14)10-19-27(21,22)16-5-6-26-17(16)18(20)23-3/h5-6,8-9,11,19H,4,7,10H2,1-3H3/t11-/m1/s1. The number of hydrogen-bond donors (Lipinski definition) is 1. The molecule has 2 heterocycles. The van der Waals surface area contributed by atoms with Crippen molar-refractivity contribution in [1.82, 2.24) is 4.72 Å². The Hall–Kier alpha value is -2.10. The fraction of sp³-hybridized carbons (Fsp3) is 0.389. The van der Waals surface area contributed by atoms with Crippen LogP contribution < -0.4 is 14.2 Å². The van der Waals surface area contributed by atoms with E-state index in [1.165, 1.54) is 18.6 Å². The first kappa shape index (κ1) is 19.7. The van der Waals surface area contributed by atoms with Gasteiger partial charge in [0.1, 0.15) is 27.4 Å². The van der Waals surface area contributed by atoms with E-state index in [1.807, 2.05) is 19.9 Å². The van der Waals surface area contributed by atoms with Crippen molar-refractivity contribution in [3.63, 3.8) is 0 Å². The molecule has 1 aromatic carbocycles. The molecule has 0 amide bonds. The van der Waals surface area contributed by atoms with Crippen LogP contribution in [-0.4, -0.2) is 34.2 Å². The van der Waals surface area contributed by atoms with Crippen molar-refractivity contribution in [2.75, 3.05) is 13.7 Å². The Morgan fingerprint density at radius 3 is 2.89 bits per heavy atom. The van der Waals surface area contributed by atoms with E-state index in [-0.39, 0.29) is 22.4 Å². The first-order valence-electron chi connectivity index (χ1n) is 8.46. The lowest BCUT2D eigenvalue weighted by atomic mass is 10.1. The zero-order valence-electron chi connectivity index (χ0n) is 15.3. The SMILES string of the molecule is CCOc1cc2c(cc1CNS(=O)(=O)c1ccsc1C(=O)OC)O[C@H](C)C2. The van der Waals surface area contributed by atoms with E-state index in [0.717, 1.165) is 29.1 Å². The van der Waals surface area contributed by atoms with Crippen LogP contribution in [0.5, 0.6) is 11.5 Å². The summed E-state index contributed by atoms with van der Waals surface area (Å²) in [6.45, 7) is 4.33. The summed E-state index contributed by atoms with van der Waals surface area (Å²) in [6, 6.07) is 5.09. The van der Waals surface area contributed by atoms with Gasteiger partial charge < -0.3 is 14.2 Å². The molecule has 0 saturated heterocycles. The largest absolute Gasteiger partial charge is 0.494 e. The second-order valence-corrected chi connectivity index (χ2v) is 8.71. The molecular formula is C18H21NO6S2. The van der Waals surface area contributed by atoms with Crippen molar-refractivity contribution >= 4 is 27.3 Å². The minimum atomic E-state index is -3.89. The van der Waals surface area contributed by atoms with Crippen LogP contribution >= 0.6 is 11.3 Å². The van der Waals surface area contributed by atoms with Crippen molar-refractivity contribution in [3.05, 3.63) is 39.6 Å². The van der Waals surface area contributed by atoms with Crippen LogP contribution in [0.15, 0.2) is 28.5 Å². The number of fused-ring (bicyclic) bond motifs is 1. The number of sulfonamides is 1. The van der Waals surface area contributed by atoms with Crippen molar-refractivity contribution < 1.29 is 27.4 Å². The summed E-state index contributed by atoms with van der Waals surface area (Å²) < 4.78 is 44.0. The van der Waals surface area contributed by atoms with Crippen LogP contribution in [0.2, 0.25) is 0 Å². The van der Waals surface area contributed by atoms with Crippen molar-refractivity contribution in [2.24, 2.45) is 0 Å². The third kappa shape index (κ3) is 4.10. The van der Waals surface area contributed by atoms with Gasteiger partial charge in [0, 0.05) is 24.1 Å². The maximum Gasteiger partial charge on any atom is 0.349 e. The van der Waals surface area contributed by atoms with Crippen molar-refractivity contribution in [3.8, 4) is 11.5 Å². The summed E-state index contributed by atoms with van der Waals surface area (Å²) in [6.07, 6.45) is 0.869. The molecule has 0 aliphatic carbocycles. The smallest absolute Gasteiger partial charge is 0.349 e. The molecule has 1 atom stereocenters. The van der Waals surface area contributed by atoms with E-state index in [2.05, 4.69) is 9.46 Å². The minimum absolute atomic E-state index is 0.0130. The summed E-state index contributed by atoms with van der Waals surface area (Å²) in [5, 5.41) is 1.54. The molecule has 1 aliphatic heterocycles. The van der Waals surface area contributed by atoms with Crippen LogP contribution in [0, 0.1) is 0 Å². The summed E-state index contributed by atoms with van der Waals surface area (Å²) in [5.41, 5.74) is 1.71. The maximum absolute atomic E-state index is 12.7. The summed E-state index contributed by atoms with van der Waals surface area (Å²) in [4.78, 5) is 11.7. The highest BCUT2D eigenvalue weighted by atomic mass is 32.2. The van der Waals surface area contributed by atoms with Crippen molar-refractivity contribution in [1.29, 1.82) is 0 Å². The van der Waals surface area contributed by atoms with Gasteiger partial charge in [-0.15, -0.1) is 11.3 Å². The Morgan fingerprint density at radius 2 is 2.19 bits per heavy atom. The highest BCUT2D eigenvalue weighted by Crippen LogP contribution is 2.35. The quantitative estimate of drug-likeness (QED) is 0.705. The molecule has 1 aliphatic rings. The molecule has 0 unspecified atom stereocenters. The number of benzene rings is 1. The predicted molar refractivity (Wildman–Crippen MR) is 101 cm³/mol. The Bertz CT molecular complexity index is 951. The molecule has 0 spiro atoms. The number of nitrogens with one attached hydrogen (secondary N) is 1. The first-order chi connectivity index (χ1) is 12.9. The third-order valence-electron chi connectivity index (χ3n) is 4.12. The molecule has 27 heavy (non-hydrogen) atoms. The highest BCUT2D eigenvalue weighted by Gasteiger charge is 2.26. The Morgan fingerprint density at radius 1 is 1.41 bits per heavy atom. The van der Waals surface area contributed by atoms with Gasteiger partial charge in [-0.3, -0.25) is 0 Å². The van der Waals surface area contributed by atoms with E-state index in [4.69, 9.17) is 9.47 Å². The number of rotatable bonds is 7. The van der Waals surface area contributed by atoms with Gasteiger partial charge in [0.15, 0.2) is 0 Å². The molecule has 1 aromatic heterocycles. The van der Waals surface area contributed by atoms with Gasteiger partial charge in [-0.2, -0.15) is 0 Å². The van der Waals surface area contributed by atoms with Crippen LogP contribution in [0.1, 0.15) is 34.6 Å². The maximum atomic E-state index is 12.7. The minimum Gasteiger partial charge on any atom is -0.494 e. The zero-order chi connectivity index (χ0) is 19.6. The second-order valence-electron chi connectivity index (χ2n) is 6.06. The number of thiophene rings is 1. The van der Waals surface area contributed by atoms with E-state index in [9.17, 15) is 13.2 Å². The van der Waals surface area contributed by atoms with Crippen LogP contribution in [0.4, 0.5) is 0 Å². The lowest BCUT2D eigenvalue weighted by molar-refractivity contribution is 0.0602. The van der Waals surface area contributed by atoms with E-state index in [1.54, 1.807) is 6.07 Å². The van der Waals surface area contributed by atoms with Gasteiger partial charge in [-0.05, 0) is 37.4 Å². The number of ether oxygens (including phenoxy) is 3. The average Bonchev–Trinajstić information content (AvgIpc) is 3.25. The zero-order valence-corrected chi connectivity index (χ0v) is 16.9. The average molecular weight is 412 g/mol. The van der Waals surface area contributed by atoms with Crippen LogP contribution in [-0.2, 0) is 27.7 Å². The second kappa shape index (κ2) is 7.87. The number of carbonyl (C=O) groups is 1. The Kier molecular flexibility index (Phi) is 5.73. The Balaban J connectivity index is 1.85. The number of methoxy groups -OCH3 is 1. The molecule has 1 N–H and O–H groups in total. The van der Waals surface area contributed by atoms with E-state index in [0.29, 0.717) is 17.9 Å². The fourth-order valence-corrected chi connectivity index (χ4v) is 5.25. The van der Waals surface area contributed by atoms with Gasteiger partial charge >= 0.3 is 5.97 Å². The topological polar surface area (TPSA) is 90.9 Å². The first-order valence-corrected chi connectivity index (χ1v) is 10.8. The predicted octanol–water partition coefficient (Wildman–Crippen LogP) is 2.74. The van der Waals surface area contributed by atoms with Crippen molar-refractivity contribution in [2.45, 2.75) is 37.8 Å². The van der Waals surface area contributed by atoms with Crippen LogP contribution in [0.3, 0.4) is 0 Å². The summed E-state index contributed by atoms with van der Waals surface area (Å²) >= 11 is 1.02.